The molecule has 5 aromatic rings. The Bertz CT molecular complexity index is 1910. The number of nitrogens with one attached hydrogen (secondary N) is 1. The third-order valence-corrected chi connectivity index (χ3v) is 9.39. The second kappa shape index (κ2) is 11.4. The van der Waals surface area contributed by atoms with Crippen LogP contribution in [0.3, 0.4) is 0 Å². The number of alkyl halides is 3. The van der Waals surface area contributed by atoms with Crippen LogP contribution in [0, 0.1) is 6.92 Å². The van der Waals surface area contributed by atoms with Crippen LogP contribution in [0.1, 0.15) is 35.1 Å². The molecule has 1 aromatic heterocycles. The Balaban J connectivity index is 1.28. The largest absolute Gasteiger partial charge is 0.416 e. The van der Waals surface area contributed by atoms with Crippen LogP contribution in [0.2, 0.25) is 0 Å². The van der Waals surface area contributed by atoms with Gasteiger partial charge < -0.3 is 5.32 Å². The van der Waals surface area contributed by atoms with Gasteiger partial charge in [0.25, 0.3) is 0 Å². The third-order valence-electron chi connectivity index (χ3n) is 7.50. The number of rotatable bonds is 9. The van der Waals surface area contributed by atoms with Gasteiger partial charge in [-0.3, -0.25) is 0 Å². The quantitative estimate of drug-likeness (QED) is 0.188. The number of sulfonamides is 1. The van der Waals surface area contributed by atoms with E-state index in [1.165, 1.54) is 22.3 Å². The molecule has 0 bridgehead atoms. The summed E-state index contributed by atoms with van der Waals surface area (Å²) in [6.07, 6.45) is -1.77. The summed E-state index contributed by atoms with van der Waals surface area (Å²) in [5, 5.41) is 4.27. The Kier molecular flexibility index (Phi) is 7.66. The molecule has 0 radical (unpaired) electrons. The minimum absolute atomic E-state index is 0.0527. The van der Waals surface area contributed by atoms with E-state index in [1.807, 2.05) is 48.5 Å². The van der Waals surface area contributed by atoms with E-state index in [1.54, 1.807) is 0 Å². The fourth-order valence-electron chi connectivity index (χ4n) is 5.16. The highest BCUT2D eigenvalue weighted by Gasteiger charge is 2.39. The summed E-state index contributed by atoms with van der Waals surface area (Å²) >= 11 is 0. The summed E-state index contributed by atoms with van der Waals surface area (Å²) in [5.41, 5.74) is 4.63. The summed E-state index contributed by atoms with van der Waals surface area (Å²) in [6, 6.07) is 25.4. The molecule has 4 aromatic carbocycles. The van der Waals surface area contributed by atoms with Gasteiger partial charge in [0.1, 0.15) is 12.1 Å². The molecule has 0 spiro atoms. The normalized spacial score (nSPS) is 13.9. The molecular weight excluding hydrogens is 573 g/mol. The monoisotopic (exact) mass is 602 g/mol. The van der Waals surface area contributed by atoms with Crippen molar-refractivity contribution >= 4 is 26.7 Å². The number of nitrogens with zero attached hydrogens (tertiary/aromatic N) is 3. The molecule has 0 saturated heterocycles. The highest BCUT2D eigenvalue weighted by Crippen LogP contribution is 2.36. The Hall–Kier alpha value is -4.28. The molecule has 1 N–H and O–H groups in total. The van der Waals surface area contributed by atoms with Gasteiger partial charge >= 0.3 is 6.18 Å². The van der Waals surface area contributed by atoms with Crippen molar-refractivity contribution in [2.24, 2.45) is 0 Å². The van der Waals surface area contributed by atoms with E-state index in [0.29, 0.717) is 31.3 Å². The van der Waals surface area contributed by atoms with Crippen LogP contribution in [-0.2, 0) is 29.3 Å². The predicted molar refractivity (Wildman–Crippen MR) is 161 cm³/mol. The zero-order chi connectivity index (χ0) is 30.2. The molecule has 0 unspecified atom stereocenters. The molecule has 43 heavy (non-hydrogen) atoms. The second-order valence-electron chi connectivity index (χ2n) is 10.8. The summed E-state index contributed by atoms with van der Waals surface area (Å²) in [4.78, 5) is 8.53. The molecule has 220 valence electrons. The molecule has 0 amide bonds. The molecular formula is C33H29F3N4O2S. The fourth-order valence-corrected chi connectivity index (χ4v) is 6.87. The maximum Gasteiger partial charge on any atom is 0.416 e. The van der Waals surface area contributed by atoms with Crippen LogP contribution in [0.4, 0.5) is 19.0 Å². The van der Waals surface area contributed by atoms with Crippen molar-refractivity contribution < 1.29 is 21.6 Å². The highest BCUT2D eigenvalue weighted by atomic mass is 32.2. The first kappa shape index (κ1) is 28.8. The van der Waals surface area contributed by atoms with Crippen molar-refractivity contribution in [3.63, 3.8) is 0 Å². The standard InChI is InChI=1S/C33H29F3N4O2S/c1-22-5-2-6-23(15-22)19-37-32-30-17-26(11-14-31(30)38-21-39-32)25-8-3-7-24(16-25)20-40(28-12-13-28)43(41,42)29-10-4-9-27(18-29)33(34,35)36/h2-11,14-18,21,28H,12-13,19-20H2,1H3,(H,37,38,39). The fraction of sp³-hybridized carbons (Fsp3) is 0.212. The lowest BCUT2D eigenvalue weighted by Crippen LogP contribution is -2.32. The first-order chi connectivity index (χ1) is 20.6. The Morgan fingerprint density at radius 1 is 0.860 bits per heavy atom. The topological polar surface area (TPSA) is 75.2 Å². The van der Waals surface area contributed by atoms with Crippen LogP contribution < -0.4 is 5.32 Å². The van der Waals surface area contributed by atoms with Gasteiger partial charge in [-0.05, 0) is 78.4 Å². The molecule has 1 fully saturated rings. The number of benzene rings is 4. The second-order valence-corrected chi connectivity index (χ2v) is 12.7. The molecule has 1 aliphatic carbocycles. The van der Waals surface area contributed by atoms with Gasteiger partial charge in [-0.1, -0.05) is 60.2 Å². The van der Waals surface area contributed by atoms with Crippen LogP contribution >= 0.6 is 0 Å². The Labute approximate surface area is 248 Å². The number of aromatic nitrogens is 2. The van der Waals surface area contributed by atoms with Crippen molar-refractivity contribution in [1.29, 1.82) is 0 Å². The number of hydrogen-bond donors (Lipinski definition) is 1. The zero-order valence-corrected chi connectivity index (χ0v) is 24.2. The average molecular weight is 603 g/mol. The van der Waals surface area contributed by atoms with E-state index in [9.17, 15) is 21.6 Å². The van der Waals surface area contributed by atoms with E-state index in [4.69, 9.17) is 0 Å². The van der Waals surface area contributed by atoms with Crippen LogP contribution in [0.5, 0.6) is 0 Å². The van der Waals surface area contributed by atoms with E-state index in [0.717, 1.165) is 45.3 Å². The molecule has 0 atom stereocenters. The third kappa shape index (κ3) is 6.40. The van der Waals surface area contributed by atoms with Crippen molar-refractivity contribution in [2.45, 2.75) is 50.0 Å². The predicted octanol–water partition coefficient (Wildman–Crippen LogP) is 7.59. The summed E-state index contributed by atoms with van der Waals surface area (Å²) in [5.74, 6) is 0.705. The lowest BCUT2D eigenvalue weighted by Gasteiger charge is -2.23. The van der Waals surface area contributed by atoms with E-state index in [2.05, 4.69) is 40.4 Å². The lowest BCUT2D eigenvalue weighted by molar-refractivity contribution is -0.137. The number of hydrogen-bond acceptors (Lipinski definition) is 5. The van der Waals surface area contributed by atoms with Gasteiger partial charge in [0, 0.05) is 24.5 Å². The highest BCUT2D eigenvalue weighted by molar-refractivity contribution is 7.89. The molecule has 1 heterocycles. The maximum atomic E-state index is 13.6. The van der Waals surface area contributed by atoms with Gasteiger partial charge in [0.2, 0.25) is 10.0 Å². The van der Waals surface area contributed by atoms with Gasteiger partial charge in [-0.2, -0.15) is 17.5 Å². The first-order valence-electron chi connectivity index (χ1n) is 13.9. The zero-order valence-electron chi connectivity index (χ0n) is 23.3. The lowest BCUT2D eigenvalue weighted by atomic mass is 10.0. The van der Waals surface area contributed by atoms with Crippen molar-refractivity contribution in [3.05, 3.63) is 120 Å². The summed E-state index contributed by atoms with van der Waals surface area (Å²) < 4.78 is 68.4. The molecule has 6 rings (SSSR count). The van der Waals surface area contributed by atoms with Crippen LogP contribution in [0.25, 0.3) is 22.0 Å². The number of anilines is 1. The SMILES string of the molecule is Cc1cccc(CNc2ncnc3ccc(-c4cccc(CN(C5CC5)S(=O)(=O)c5cccc(C(F)(F)F)c5)c4)cc23)c1. The molecule has 6 nitrogen and oxygen atoms in total. The minimum atomic E-state index is -4.63. The maximum absolute atomic E-state index is 13.6. The van der Waals surface area contributed by atoms with Crippen molar-refractivity contribution in [1.82, 2.24) is 14.3 Å². The minimum Gasteiger partial charge on any atom is -0.365 e. The van der Waals surface area contributed by atoms with Crippen molar-refractivity contribution in [3.8, 4) is 11.1 Å². The number of halogens is 3. The molecule has 1 saturated carbocycles. The number of aryl methyl sites for hydroxylation is 1. The average Bonchev–Trinajstić information content (AvgIpc) is 3.84. The molecule has 0 aliphatic heterocycles. The first-order valence-corrected chi connectivity index (χ1v) is 15.3. The smallest absolute Gasteiger partial charge is 0.365 e. The van der Waals surface area contributed by atoms with Gasteiger partial charge in [0.05, 0.1) is 16.0 Å². The number of fused-ring (bicyclic) bond motifs is 1. The van der Waals surface area contributed by atoms with Crippen molar-refractivity contribution in [2.75, 3.05) is 5.32 Å². The van der Waals surface area contributed by atoms with Gasteiger partial charge in [-0.15, -0.1) is 0 Å². The van der Waals surface area contributed by atoms with Crippen LogP contribution in [-0.4, -0.2) is 28.7 Å². The van der Waals surface area contributed by atoms with E-state index in [-0.39, 0.29) is 17.5 Å². The Morgan fingerprint density at radius 2 is 1.60 bits per heavy atom. The summed E-state index contributed by atoms with van der Waals surface area (Å²) in [7, 11) is -4.15. The van der Waals surface area contributed by atoms with Crippen LogP contribution in [0.15, 0.2) is 102 Å². The van der Waals surface area contributed by atoms with Gasteiger partial charge in [0.15, 0.2) is 0 Å². The molecule has 10 heteroatoms. The Morgan fingerprint density at radius 3 is 2.37 bits per heavy atom. The molecule has 1 aliphatic rings. The van der Waals surface area contributed by atoms with E-state index < -0.39 is 21.8 Å². The van der Waals surface area contributed by atoms with E-state index >= 15 is 0 Å². The summed E-state index contributed by atoms with van der Waals surface area (Å²) in [6.45, 7) is 2.70. The van der Waals surface area contributed by atoms with Gasteiger partial charge in [-0.25, -0.2) is 18.4 Å².